The van der Waals surface area contributed by atoms with Gasteiger partial charge in [0, 0.05) is 6.54 Å². The molecule has 3 unspecified atom stereocenters. The maximum absolute atomic E-state index is 11.8. The van der Waals surface area contributed by atoms with E-state index >= 15 is 0 Å². The zero-order valence-electron chi connectivity index (χ0n) is 11.8. The minimum Gasteiger partial charge on any atom is -0.465 e. The first kappa shape index (κ1) is 13.2. The number of ether oxygens (including phenoxy) is 1. The van der Waals surface area contributed by atoms with Crippen molar-refractivity contribution < 1.29 is 9.53 Å². The lowest BCUT2D eigenvalue weighted by Gasteiger charge is -2.22. The quantitative estimate of drug-likeness (QED) is 0.824. The van der Waals surface area contributed by atoms with E-state index in [1.54, 1.807) is 12.3 Å². The monoisotopic (exact) mass is 275 g/mol. The Balaban J connectivity index is 1.69. The van der Waals surface area contributed by atoms with Gasteiger partial charge in [-0.3, -0.25) is 0 Å². The van der Waals surface area contributed by atoms with Crippen molar-refractivity contribution in [3.63, 3.8) is 0 Å². The maximum atomic E-state index is 11.8. The number of nitrogens with zero attached hydrogens (tertiary/aromatic N) is 1. The molecule has 2 saturated carbocycles. The van der Waals surface area contributed by atoms with E-state index in [1.807, 2.05) is 0 Å². The minimum absolute atomic E-state index is 0.403. The van der Waals surface area contributed by atoms with Crippen LogP contribution in [-0.4, -0.2) is 24.6 Å². The van der Waals surface area contributed by atoms with E-state index in [2.05, 4.69) is 10.3 Å². The number of hydrogen-bond donors (Lipinski definition) is 2. The smallest absolute Gasteiger partial charge is 0.341 e. The number of carbonyl (C=O) groups is 1. The number of hydrogen-bond acceptors (Lipinski definition) is 5. The van der Waals surface area contributed by atoms with Gasteiger partial charge >= 0.3 is 5.97 Å². The van der Waals surface area contributed by atoms with E-state index in [4.69, 9.17) is 10.5 Å². The van der Waals surface area contributed by atoms with Crippen molar-refractivity contribution >= 4 is 17.5 Å². The van der Waals surface area contributed by atoms with Gasteiger partial charge in [-0.25, -0.2) is 9.78 Å². The number of rotatable bonds is 4. The second-order valence-corrected chi connectivity index (χ2v) is 5.97. The molecule has 108 valence electrons. The van der Waals surface area contributed by atoms with Crippen LogP contribution in [0.5, 0.6) is 0 Å². The Kier molecular flexibility index (Phi) is 3.51. The van der Waals surface area contributed by atoms with Gasteiger partial charge in [-0.15, -0.1) is 0 Å². The Bertz CT molecular complexity index is 518. The minimum atomic E-state index is -0.403. The van der Waals surface area contributed by atoms with E-state index in [1.165, 1.54) is 32.8 Å². The molecule has 0 aliphatic heterocycles. The Labute approximate surface area is 118 Å². The van der Waals surface area contributed by atoms with Gasteiger partial charge in [-0.05, 0) is 43.1 Å². The van der Waals surface area contributed by atoms with Gasteiger partial charge in [0.15, 0.2) is 0 Å². The summed E-state index contributed by atoms with van der Waals surface area (Å²) >= 11 is 0. The highest BCUT2D eigenvalue weighted by molar-refractivity contribution is 5.95. The summed E-state index contributed by atoms with van der Waals surface area (Å²) in [5.74, 6) is 2.65. The first-order valence-electron chi connectivity index (χ1n) is 7.25. The van der Waals surface area contributed by atoms with E-state index in [9.17, 15) is 4.79 Å². The molecule has 1 aromatic heterocycles. The van der Waals surface area contributed by atoms with Gasteiger partial charge in [0.2, 0.25) is 0 Å². The summed E-state index contributed by atoms with van der Waals surface area (Å²) in [5.41, 5.74) is 6.57. The van der Waals surface area contributed by atoms with Gasteiger partial charge in [0.05, 0.1) is 19.0 Å². The number of carbonyl (C=O) groups excluding carboxylic acids is 1. The van der Waals surface area contributed by atoms with E-state index in [0.717, 1.165) is 18.4 Å². The summed E-state index contributed by atoms with van der Waals surface area (Å²) in [5, 5.41) is 3.32. The summed E-state index contributed by atoms with van der Waals surface area (Å²) in [6.07, 6.45) is 7.01. The van der Waals surface area contributed by atoms with Gasteiger partial charge in [0.1, 0.15) is 11.4 Å². The highest BCUT2D eigenvalue weighted by atomic mass is 16.5. The predicted octanol–water partition coefficient (Wildman–Crippen LogP) is 2.30. The number of aromatic nitrogens is 1. The van der Waals surface area contributed by atoms with Crippen LogP contribution in [0.3, 0.4) is 0 Å². The summed E-state index contributed by atoms with van der Waals surface area (Å²) in [6, 6.07) is 1.61. The fraction of sp³-hybridized carbons (Fsp3) is 0.600. The molecule has 20 heavy (non-hydrogen) atoms. The summed E-state index contributed by atoms with van der Waals surface area (Å²) in [4.78, 5) is 16.0. The molecule has 3 rings (SSSR count). The molecule has 0 spiro atoms. The zero-order chi connectivity index (χ0) is 14.1. The molecule has 0 radical (unpaired) electrons. The summed E-state index contributed by atoms with van der Waals surface area (Å²) in [7, 11) is 1.37. The Morgan fingerprint density at radius 2 is 2.35 bits per heavy atom. The SMILES string of the molecule is COC(=O)c1cc(N)cnc1NCC1CC2CCC1C2. The molecule has 0 amide bonds. The van der Waals surface area contributed by atoms with Crippen molar-refractivity contribution in [3.05, 3.63) is 17.8 Å². The Hall–Kier alpha value is -1.78. The molecule has 1 heterocycles. The van der Waals surface area contributed by atoms with Gasteiger partial charge in [-0.1, -0.05) is 6.42 Å². The molecule has 5 nitrogen and oxygen atoms in total. The van der Waals surface area contributed by atoms with E-state index in [-0.39, 0.29) is 0 Å². The van der Waals surface area contributed by atoms with Crippen molar-refractivity contribution in [1.82, 2.24) is 4.98 Å². The van der Waals surface area contributed by atoms with E-state index in [0.29, 0.717) is 23.0 Å². The number of pyridine rings is 1. The molecule has 0 aromatic carbocycles. The Morgan fingerprint density at radius 1 is 1.50 bits per heavy atom. The number of nitrogen functional groups attached to an aromatic ring is 1. The van der Waals surface area contributed by atoms with Gasteiger partial charge in [-0.2, -0.15) is 0 Å². The second kappa shape index (κ2) is 5.31. The van der Waals surface area contributed by atoms with E-state index < -0.39 is 5.97 Å². The normalized spacial score (nSPS) is 27.6. The van der Waals surface area contributed by atoms with Crippen LogP contribution >= 0.6 is 0 Å². The molecule has 2 aliphatic carbocycles. The third kappa shape index (κ3) is 2.44. The van der Waals surface area contributed by atoms with Gasteiger partial charge < -0.3 is 15.8 Å². The fourth-order valence-corrected chi connectivity index (χ4v) is 3.74. The van der Waals surface area contributed by atoms with Gasteiger partial charge in [0.25, 0.3) is 0 Å². The molecule has 3 N–H and O–H groups in total. The number of anilines is 2. The molecule has 2 aliphatic rings. The largest absolute Gasteiger partial charge is 0.465 e. The van der Waals surface area contributed by atoms with Crippen molar-refractivity contribution in [2.75, 3.05) is 24.7 Å². The molecule has 5 heteroatoms. The Morgan fingerprint density at radius 3 is 3.00 bits per heavy atom. The topological polar surface area (TPSA) is 77.2 Å². The number of methoxy groups -OCH3 is 1. The maximum Gasteiger partial charge on any atom is 0.341 e. The number of esters is 1. The molecule has 3 atom stereocenters. The zero-order valence-corrected chi connectivity index (χ0v) is 11.8. The number of nitrogens with one attached hydrogen (secondary N) is 1. The summed E-state index contributed by atoms with van der Waals surface area (Å²) in [6.45, 7) is 0.877. The highest BCUT2D eigenvalue weighted by Crippen LogP contribution is 2.48. The third-order valence-corrected chi connectivity index (χ3v) is 4.73. The molecule has 1 aromatic rings. The van der Waals surface area contributed by atoms with Crippen LogP contribution in [0.2, 0.25) is 0 Å². The van der Waals surface area contributed by atoms with Crippen molar-refractivity contribution in [2.45, 2.75) is 25.7 Å². The lowest BCUT2D eigenvalue weighted by molar-refractivity contribution is 0.0601. The average Bonchev–Trinajstić information content (AvgIpc) is 3.07. The van der Waals surface area contributed by atoms with Crippen LogP contribution in [0.15, 0.2) is 12.3 Å². The lowest BCUT2D eigenvalue weighted by atomic mass is 9.89. The predicted molar refractivity (Wildman–Crippen MR) is 77.4 cm³/mol. The molecular weight excluding hydrogens is 254 g/mol. The van der Waals surface area contributed by atoms with Crippen LogP contribution in [0.4, 0.5) is 11.5 Å². The van der Waals surface area contributed by atoms with Crippen LogP contribution in [0.25, 0.3) is 0 Å². The first-order chi connectivity index (χ1) is 9.67. The molecule has 2 bridgehead atoms. The first-order valence-corrected chi connectivity index (χ1v) is 7.25. The van der Waals surface area contributed by atoms with Crippen LogP contribution in [0, 0.1) is 17.8 Å². The highest BCUT2D eigenvalue weighted by Gasteiger charge is 2.39. The number of fused-ring (bicyclic) bond motifs is 2. The third-order valence-electron chi connectivity index (χ3n) is 4.73. The van der Waals surface area contributed by atoms with Crippen molar-refractivity contribution in [1.29, 1.82) is 0 Å². The van der Waals surface area contributed by atoms with Crippen LogP contribution in [0.1, 0.15) is 36.0 Å². The second-order valence-electron chi connectivity index (χ2n) is 5.97. The summed E-state index contributed by atoms with van der Waals surface area (Å²) < 4.78 is 4.78. The standard InChI is InChI=1S/C15H21N3O2/c1-20-15(19)13-6-12(16)8-18-14(13)17-7-11-5-9-2-3-10(11)4-9/h6,8-11H,2-5,7,16H2,1H3,(H,17,18). The van der Waals surface area contributed by atoms with Crippen molar-refractivity contribution in [3.8, 4) is 0 Å². The van der Waals surface area contributed by atoms with Crippen molar-refractivity contribution in [2.24, 2.45) is 17.8 Å². The van der Waals surface area contributed by atoms with Crippen LogP contribution < -0.4 is 11.1 Å². The lowest BCUT2D eigenvalue weighted by Crippen LogP contribution is -2.22. The average molecular weight is 275 g/mol. The molecule has 2 fully saturated rings. The molecule has 0 saturated heterocycles. The molecular formula is C15H21N3O2. The van der Waals surface area contributed by atoms with Crippen LogP contribution in [-0.2, 0) is 4.74 Å². The number of nitrogens with two attached hydrogens (primary N) is 1. The fourth-order valence-electron chi connectivity index (χ4n) is 3.74.